The van der Waals surface area contributed by atoms with Crippen molar-refractivity contribution >= 4 is 17.7 Å². The van der Waals surface area contributed by atoms with Gasteiger partial charge in [0, 0.05) is 30.8 Å². The van der Waals surface area contributed by atoms with Gasteiger partial charge in [0.15, 0.2) is 5.69 Å². The highest BCUT2D eigenvalue weighted by molar-refractivity contribution is 7.99. The second kappa shape index (κ2) is 5.21. The SMILES string of the molecule is O=C(Cn1ccc(C(F)(F)F)n1)N1CCSCC1. The van der Waals surface area contributed by atoms with Crippen molar-refractivity contribution in [1.29, 1.82) is 0 Å². The van der Waals surface area contributed by atoms with Gasteiger partial charge in [-0.05, 0) is 6.07 Å². The smallest absolute Gasteiger partial charge is 0.339 e. The van der Waals surface area contributed by atoms with Crippen molar-refractivity contribution in [2.75, 3.05) is 24.6 Å². The van der Waals surface area contributed by atoms with Gasteiger partial charge in [-0.3, -0.25) is 9.48 Å². The van der Waals surface area contributed by atoms with Crippen molar-refractivity contribution < 1.29 is 18.0 Å². The van der Waals surface area contributed by atoms with Crippen LogP contribution in [0.15, 0.2) is 12.3 Å². The zero-order valence-corrected chi connectivity index (χ0v) is 10.3. The second-order valence-corrected chi connectivity index (χ2v) is 5.11. The van der Waals surface area contributed by atoms with Gasteiger partial charge in [-0.15, -0.1) is 0 Å². The fourth-order valence-corrected chi connectivity index (χ4v) is 2.56. The summed E-state index contributed by atoms with van der Waals surface area (Å²) in [5.74, 6) is 1.56. The third kappa shape index (κ3) is 3.18. The van der Waals surface area contributed by atoms with Crippen LogP contribution in [0.3, 0.4) is 0 Å². The molecule has 1 aromatic heterocycles. The van der Waals surface area contributed by atoms with Crippen molar-refractivity contribution in [1.82, 2.24) is 14.7 Å². The van der Waals surface area contributed by atoms with E-state index >= 15 is 0 Å². The molecule has 8 heteroatoms. The number of amides is 1. The zero-order valence-electron chi connectivity index (χ0n) is 9.48. The van der Waals surface area contributed by atoms with Gasteiger partial charge < -0.3 is 4.90 Å². The summed E-state index contributed by atoms with van der Waals surface area (Å²) in [5, 5.41) is 3.36. The third-order valence-corrected chi connectivity index (χ3v) is 3.53. The van der Waals surface area contributed by atoms with Gasteiger partial charge in [0.1, 0.15) is 6.54 Å². The molecule has 0 spiro atoms. The topological polar surface area (TPSA) is 38.1 Å². The van der Waals surface area contributed by atoms with Crippen molar-refractivity contribution in [3.8, 4) is 0 Å². The fraction of sp³-hybridized carbons (Fsp3) is 0.600. The minimum absolute atomic E-state index is 0.138. The van der Waals surface area contributed by atoms with Gasteiger partial charge in [-0.2, -0.15) is 30.0 Å². The van der Waals surface area contributed by atoms with Gasteiger partial charge in [0.05, 0.1) is 0 Å². The number of rotatable bonds is 2. The number of aromatic nitrogens is 2. The van der Waals surface area contributed by atoms with Crippen molar-refractivity contribution in [2.24, 2.45) is 0 Å². The van der Waals surface area contributed by atoms with E-state index in [0.717, 1.165) is 22.3 Å². The largest absolute Gasteiger partial charge is 0.435 e. The number of thioether (sulfide) groups is 1. The molecule has 1 aliphatic heterocycles. The van der Waals surface area contributed by atoms with Gasteiger partial charge >= 0.3 is 6.18 Å². The predicted octanol–water partition coefficient (Wildman–Crippen LogP) is 1.48. The van der Waals surface area contributed by atoms with Gasteiger partial charge in [0.2, 0.25) is 5.91 Å². The Kier molecular flexibility index (Phi) is 3.84. The molecule has 0 bridgehead atoms. The summed E-state index contributed by atoms with van der Waals surface area (Å²) in [5.41, 5.74) is -0.968. The molecule has 2 rings (SSSR count). The first kappa shape index (κ1) is 13.3. The van der Waals surface area contributed by atoms with Crippen LogP contribution in [0.25, 0.3) is 0 Å². The summed E-state index contributed by atoms with van der Waals surface area (Å²) in [6.45, 7) is 1.16. The van der Waals surface area contributed by atoms with Crippen LogP contribution in [-0.4, -0.2) is 45.2 Å². The molecule has 0 aliphatic carbocycles. The normalized spacial score (nSPS) is 16.9. The molecule has 1 amide bonds. The fourth-order valence-electron chi connectivity index (χ4n) is 1.65. The summed E-state index contributed by atoms with van der Waals surface area (Å²) in [4.78, 5) is 13.5. The van der Waals surface area contributed by atoms with Crippen molar-refractivity contribution in [3.63, 3.8) is 0 Å². The minimum Gasteiger partial charge on any atom is -0.339 e. The molecule has 4 nitrogen and oxygen atoms in total. The number of nitrogens with zero attached hydrogens (tertiary/aromatic N) is 3. The first-order chi connectivity index (χ1) is 8.47. The average Bonchev–Trinajstić information content (AvgIpc) is 2.78. The third-order valence-electron chi connectivity index (χ3n) is 2.59. The van der Waals surface area contributed by atoms with Crippen LogP contribution in [0.1, 0.15) is 5.69 Å². The second-order valence-electron chi connectivity index (χ2n) is 3.89. The average molecular weight is 279 g/mol. The molecule has 1 fully saturated rings. The number of hydrogen-bond acceptors (Lipinski definition) is 3. The lowest BCUT2D eigenvalue weighted by molar-refractivity contribution is -0.142. The molecule has 1 aliphatic rings. The van der Waals surface area contributed by atoms with E-state index in [1.54, 1.807) is 16.7 Å². The number of hydrogen-bond donors (Lipinski definition) is 0. The highest BCUT2D eigenvalue weighted by Gasteiger charge is 2.33. The quantitative estimate of drug-likeness (QED) is 0.823. The monoisotopic (exact) mass is 279 g/mol. The first-order valence-corrected chi connectivity index (χ1v) is 6.58. The molecule has 0 radical (unpaired) electrons. The van der Waals surface area contributed by atoms with Crippen LogP contribution in [0, 0.1) is 0 Å². The Balaban J connectivity index is 1.96. The molecular weight excluding hydrogens is 267 g/mol. The van der Waals surface area contributed by atoms with E-state index in [1.807, 2.05) is 0 Å². The molecule has 1 aromatic rings. The van der Waals surface area contributed by atoms with Crippen LogP contribution in [-0.2, 0) is 17.5 Å². The molecule has 0 unspecified atom stereocenters. The van der Waals surface area contributed by atoms with Crippen LogP contribution in [0.2, 0.25) is 0 Å². The maximum Gasteiger partial charge on any atom is 0.435 e. The minimum atomic E-state index is -4.46. The molecule has 0 saturated carbocycles. The molecule has 0 N–H and O–H groups in total. The Hall–Kier alpha value is -1.18. The van der Waals surface area contributed by atoms with Crippen LogP contribution >= 0.6 is 11.8 Å². The Labute approximate surface area is 106 Å². The summed E-state index contributed by atoms with van der Waals surface area (Å²) in [7, 11) is 0. The lowest BCUT2D eigenvalue weighted by atomic mass is 10.4. The van der Waals surface area contributed by atoms with E-state index in [1.165, 1.54) is 6.20 Å². The van der Waals surface area contributed by atoms with E-state index in [0.29, 0.717) is 13.1 Å². The molecule has 100 valence electrons. The van der Waals surface area contributed by atoms with E-state index in [-0.39, 0.29) is 12.5 Å². The van der Waals surface area contributed by atoms with E-state index in [2.05, 4.69) is 5.10 Å². The number of carbonyl (C=O) groups excluding carboxylic acids is 1. The number of halogens is 3. The zero-order chi connectivity index (χ0) is 13.2. The lowest BCUT2D eigenvalue weighted by Crippen LogP contribution is -2.39. The summed E-state index contributed by atoms with van der Waals surface area (Å²) >= 11 is 1.76. The maximum absolute atomic E-state index is 12.3. The van der Waals surface area contributed by atoms with Crippen LogP contribution in [0.4, 0.5) is 13.2 Å². The molecule has 2 heterocycles. The predicted molar refractivity (Wildman–Crippen MR) is 61.1 cm³/mol. The van der Waals surface area contributed by atoms with Gasteiger partial charge in [0.25, 0.3) is 0 Å². The molecule has 18 heavy (non-hydrogen) atoms. The van der Waals surface area contributed by atoms with Crippen molar-refractivity contribution in [3.05, 3.63) is 18.0 Å². The Morgan fingerprint density at radius 2 is 2.06 bits per heavy atom. The molecule has 1 saturated heterocycles. The highest BCUT2D eigenvalue weighted by Crippen LogP contribution is 2.27. The Bertz CT molecular complexity index is 426. The Morgan fingerprint density at radius 1 is 1.39 bits per heavy atom. The summed E-state index contributed by atoms with van der Waals surface area (Å²) in [6.07, 6.45) is -3.28. The Morgan fingerprint density at radius 3 is 2.61 bits per heavy atom. The summed E-state index contributed by atoms with van der Waals surface area (Å²) in [6, 6.07) is 0.874. The lowest BCUT2D eigenvalue weighted by Gasteiger charge is -2.26. The van der Waals surface area contributed by atoms with E-state index < -0.39 is 11.9 Å². The number of alkyl halides is 3. The van der Waals surface area contributed by atoms with E-state index in [9.17, 15) is 18.0 Å². The molecular formula is C10H12F3N3OS. The molecule has 0 aromatic carbocycles. The number of carbonyl (C=O) groups is 1. The highest BCUT2D eigenvalue weighted by atomic mass is 32.2. The molecule has 0 atom stereocenters. The van der Waals surface area contributed by atoms with Gasteiger partial charge in [-0.25, -0.2) is 0 Å². The van der Waals surface area contributed by atoms with Gasteiger partial charge in [-0.1, -0.05) is 0 Å². The standard InChI is InChI=1S/C10H12F3N3OS/c11-10(12,13)8-1-2-16(14-8)7-9(17)15-3-5-18-6-4-15/h1-2H,3-7H2. The van der Waals surface area contributed by atoms with Crippen LogP contribution < -0.4 is 0 Å². The first-order valence-electron chi connectivity index (χ1n) is 5.43. The van der Waals surface area contributed by atoms with E-state index in [4.69, 9.17) is 0 Å². The van der Waals surface area contributed by atoms with Crippen molar-refractivity contribution in [2.45, 2.75) is 12.7 Å². The maximum atomic E-state index is 12.3. The summed E-state index contributed by atoms with van der Waals surface area (Å²) < 4.78 is 38.0. The van der Waals surface area contributed by atoms with Crippen LogP contribution in [0.5, 0.6) is 0 Å².